The van der Waals surface area contributed by atoms with Crippen LogP contribution < -0.4 is 0 Å². The van der Waals surface area contributed by atoms with E-state index in [9.17, 15) is 13.5 Å². The van der Waals surface area contributed by atoms with E-state index in [2.05, 4.69) is 10.1 Å². The predicted molar refractivity (Wildman–Crippen MR) is 102 cm³/mol. The van der Waals surface area contributed by atoms with E-state index in [0.717, 1.165) is 23.2 Å². The summed E-state index contributed by atoms with van der Waals surface area (Å²) < 4.78 is 29.9. The Labute approximate surface area is 158 Å². The van der Waals surface area contributed by atoms with Gasteiger partial charge in [0.15, 0.2) is 5.65 Å². The van der Waals surface area contributed by atoms with Crippen LogP contribution in [0.3, 0.4) is 0 Å². The SMILES string of the molecule is Cc1nn(C)c2ncc(S(=O)(=O)N(CCO)C3CCc4ccccc43)cc12. The number of aliphatic hydroxyl groups is 1. The number of aliphatic hydroxyl groups excluding tert-OH is 1. The van der Waals surface area contributed by atoms with Crippen LogP contribution in [-0.2, 0) is 23.5 Å². The van der Waals surface area contributed by atoms with E-state index in [1.54, 1.807) is 17.8 Å². The molecule has 0 aliphatic heterocycles. The molecule has 0 bridgehead atoms. The lowest BCUT2D eigenvalue weighted by molar-refractivity contribution is 0.225. The van der Waals surface area contributed by atoms with Crippen LogP contribution in [0.25, 0.3) is 11.0 Å². The van der Waals surface area contributed by atoms with Gasteiger partial charge in [-0.25, -0.2) is 13.4 Å². The molecule has 4 rings (SSSR count). The van der Waals surface area contributed by atoms with E-state index in [1.807, 2.05) is 31.2 Å². The second-order valence-electron chi connectivity index (χ2n) is 6.84. The minimum Gasteiger partial charge on any atom is -0.395 e. The van der Waals surface area contributed by atoms with Gasteiger partial charge in [-0.05, 0) is 37.0 Å². The van der Waals surface area contributed by atoms with Crippen LogP contribution in [0.5, 0.6) is 0 Å². The number of aromatic nitrogens is 3. The lowest BCUT2D eigenvalue weighted by Crippen LogP contribution is -2.36. The molecule has 1 aromatic carbocycles. The minimum absolute atomic E-state index is 0.0470. The Kier molecular flexibility index (Phi) is 4.49. The highest BCUT2D eigenvalue weighted by atomic mass is 32.2. The van der Waals surface area contributed by atoms with Gasteiger partial charge in [-0.15, -0.1) is 0 Å². The van der Waals surface area contributed by atoms with Gasteiger partial charge < -0.3 is 5.11 Å². The maximum absolute atomic E-state index is 13.4. The number of sulfonamides is 1. The molecule has 142 valence electrons. The zero-order chi connectivity index (χ0) is 19.2. The van der Waals surface area contributed by atoms with Gasteiger partial charge in [-0.3, -0.25) is 4.68 Å². The molecule has 1 unspecified atom stereocenters. The van der Waals surface area contributed by atoms with Crippen LogP contribution in [0.1, 0.15) is 29.3 Å². The van der Waals surface area contributed by atoms with Crippen molar-refractivity contribution < 1.29 is 13.5 Å². The summed E-state index contributed by atoms with van der Waals surface area (Å²) in [5.41, 5.74) is 3.56. The maximum Gasteiger partial charge on any atom is 0.245 e. The van der Waals surface area contributed by atoms with E-state index in [-0.39, 0.29) is 24.1 Å². The average Bonchev–Trinajstić information content (AvgIpc) is 3.20. The van der Waals surface area contributed by atoms with Crippen molar-refractivity contribution in [2.24, 2.45) is 7.05 Å². The molecule has 0 amide bonds. The molecule has 0 fully saturated rings. The van der Waals surface area contributed by atoms with Crippen LogP contribution in [0.15, 0.2) is 41.4 Å². The number of pyridine rings is 1. The fourth-order valence-corrected chi connectivity index (χ4v) is 5.54. The first-order valence-corrected chi connectivity index (χ1v) is 10.4. The van der Waals surface area contributed by atoms with E-state index < -0.39 is 10.0 Å². The summed E-state index contributed by atoms with van der Waals surface area (Å²) in [5, 5.41) is 14.6. The van der Waals surface area contributed by atoms with E-state index in [1.165, 1.54) is 10.5 Å². The van der Waals surface area contributed by atoms with Gasteiger partial charge in [0.2, 0.25) is 10.0 Å². The van der Waals surface area contributed by atoms with Gasteiger partial charge in [0.1, 0.15) is 4.90 Å². The number of nitrogens with zero attached hydrogens (tertiary/aromatic N) is 4. The monoisotopic (exact) mass is 386 g/mol. The first-order chi connectivity index (χ1) is 12.9. The number of aryl methyl sites for hydroxylation is 3. The summed E-state index contributed by atoms with van der Waals surface area (Å²) >= 11 is 0. The van der Waals surface area contributed by atoms with Gasteiger partial charge in [0, 0.05) is 25.2 Å². The fourth-order valence-electron chi connectivity index (χ4n) is 3.94. The van der Waals surface area contributed by atoms with Crippen LogP contribution in [-0.4, -0.2) is 45.7 Å². The van der Waals surface area contributed by atoms with Crippen molar-refractivity contribution in [3.05, 3.63) is 53.3 Å². The summed E-state index contributed by atoms with van der Waals surface area (Å²) in [6, 6.07) is 9.25. The Morgan fingerprint density at radius 3 is 2.89 bits per heavy atom. The van der Waals surface area contributed by atoms with Crippen molar-refractivity contribution in [3.8, 4) is 0 Å². The Morgan fingerprint density at radius 2 is 2.11 bits per heavy atom. The summed E-state index contributed by atoms with van der Waals surface area (Å²) in [6.07, 6.45) is 2.92. The molecule has 0 saturated heterocycles. The first-order valence-electron chi connectivity index (χ1n) is 8.93. The largest absolute Gasteiger partial charge is 0.395 e. The van der Waals surface area contributed by atoms with Crippen molar-refractivity contribution >= 4 is 21.1 Å². The Hall–Kier alpha value is -2.29. The van der Waals surface area contributed by atoms with Gasteiger partial charge >= 0.3 is 0 Å². The summed E-state index contributed by atoms with van der Waals surface area (Å²) in [6.45, 7) is 1.64. The number of hydrogen-bond donors (Lipinski definition) is 1. The Morgan fingerprint density at radius 1 is 1.33 bits per heavy atom. The third kappa shape index (κ3) is 2.93. The molecular weight excluding hydrogens is 364 g/mol. The second kappa shape index (κ2) is 6.70. The van der Waals surface area contributed by atoms with Crippen molar-refractivity contribution in [3.63, 3.8) is 0 Å². The summed E-state index contributed by atoms with van der Waals surface area (Å²) in [7, 11) is -2.03. The van der Waals surface area contributed by atoms with Crippen molar-refractivity contribution in [2.45, 2.75) is 30.7 Å². The lowest BCUT2D eigenvalue weighted by atomic mass is 10.1. The molecule has 0 saturated carbocycles. The van der Waals surface area contributed by atoms with Crippen molar-refractivity contribution in [2.75, 3.05) is 13.2 Å². The molecule has 3 aromatic rings. The molecule has 8 heteroatoms. The standard InChI is InChI=1S/C19H22N4O3S/c1-13-17-11-15(12-20-19(17)22(2)21-13)27(25,26)23(9-10-24)18-8-7-14-5-3-4-6-16(14)18/h3-6,11-12,18,24H,7-10H2,1-2H3. The van der Waals surface area contributed by atoms with Crippen LogP contribution >= 0.6 is 0 Å². The molecule has 27 heavy (non-hydrogen) atoms. The number of hydrogen-bond acceptors (Lipinski definition) is 5. The zero-order valence-electron chi connectivity index (χ0n) is 15.3. The summed E-state index contributed by atoms with van der Waals surface area (Å²) in [5.74, 6) is 0. The highest BCUT2D eigenvalue weighted by Gasteiger charge is 2.36. The third-order valence-corrected chi connectivity index (χ3v) is 7.09. The van der Waals surface area contributed by atoms with Gasteiger partial charge in [-0.2, -0.15) is 9.40 Å². The molecule has 1 aliphatic rings. The smallest absolute Gasteiger partial charge is 0.245 e. The summed E-state index contributed by atoms with van der Waals surface area (Å²) in [4.78, 5) is 4.44. The van der Waals surface area contributed by atoms with Crippen LogP contribution in [0.2, 0.25) is 0 Å². The fraction of sp³-hybridized carbons (Fsp3) is 0.368. The molecule has 1 aliphatic carbocycles. The molecule has 1 N–H and O–H groups in total. The zero-order valence-corrected chi connectivity index (χ0v) is 16.1. The predicted octanol–water partition coefficient (Wildman–Crippen LogP) is 1.95. The number of fused-ring (bicyclic) bond motifs is 2. The maximum atomic E-state index is 13.4. The molecule has 0 radical (unpaired) electrons. The molecule has 7 nitrogen and oxygen atoms in total. The molecule has 0 spiro atoms. The van der Waals surface area contributed by atoms with Gasteiger partial charge in [0.05, 0.1) is 18.3 Å². The van der Waals surface area contributed by atoms with Crippen molar-refractivity contribution in [1.29, 1.82) is 0 Å². The lowest BCUT2D eigenvalue weighted by Gasteiger charge is -2.28. The van der Waals surface area contributed by atoms with E-state index >= 15 is 0 Å². The molecular formula is C19H22N4O3S. The van der Waals surface area contributed by atoms with E-state index in [0.29, 0.717) is 17.5 Å². The van der Waals surface area contributed by atoms with Gasteiger partial charge in [0.25, 0.3) is 0 Å². The highest BCUT2D eigenvalue weighted by molar-refractivity contribution is 7.89. The second-order valence-corrected chi connectivity index (χ2v) is 8.73. The van der Waals surface area contributed by atoms with E-state index in [4.69, 9.17) is 0 Å². The first kappa shape index (κ1) is 18.1. The minimum atomic E-state index is -3.81. The molecule has 1 atom stereocenters. The van der Waals surface area contributed by atoms with Crippen molar-refractivity contribution in [1.82, 2.24) is 19.1 Å². The Bertz CT molecular complexity index is 1110. The number of benzene rings is 1. The van der Waals surface area contributed by atoms with Crippen LogP contribution in [0.4, 0.5) is 0 Å². The molecule has 2 aromatic heterocycles. The Balaban J connectivity index is 1.80. The van der Waals surface area contributed by atoms with Gasteiger partial charge in [-0.1, -0.05) is 24.3 Å². The highest BCUT2D eigenvalue weighted by Crippen LogP contribution is 2.38. The van der Waals surface area contributed by atoms with Crippen LogP contribution in [0, 0.1) is 6.92 Å². The normalized spacial score (nSPS) is 17.0. The molecule has 2 heterocycles. The third-order valence-electron chi connectivity index (χ3n) is 5.21. The topological polar surface area (TPSA) is 88.3 Å². The quantitative estimate of drug-likeness (QED) is 0.724. The number of rotatable bonds is 5. The average molecular weight is 386 g/mol.